The van der Waals surface area contributed by atoms with Gasteiger partial charge >= 0.3 is 0 Å². The number of fused-ring (bicyclic) bond motifs is 5. The molecule has 0 unspecified atom stereocenters. The molecule has 6 aromatic carbocycles. The maximum atomic E-state index is 2.65. The number of hydrogen-bond acceptors (Lipinski definition) is 4. The summed E-state index contributed by atoms with van der Waals surface area (Å²) in [6.07, 6.45) is 0. The Hall–Kier alpha value is -5.42. The van der Waals surface area contributed by atoms with Gasteiger partial charge in [-0.05, 0) is 122 Å². The van der Waals surface area contributed by atoms with Gasteiger partial charge in [0.05, 0.1) is 11.4 Å². The van der Waals surface area contributed by atoms with Crippen molar-refractivity contribution in [3.63, 3.8) is 0 Å². The monoisotopic (exact) mass is 690 g/mol. The molecule has 0 spiro atoms. The van der Waals surface area contributed by atoms with Crippen molar-refractivity contribution in [2.45, 2.75) is 77.9 Å². The molecule has 6 aromatic rings. The zero-order valence-electron chi connectivity index (χ0n) is 32.1. The lowest BCUT2D eigenvalue weighted by atomic mass is 9.33. The third-order valence-electron chi connectivity index (χ3n) is 13.3. The molecule has 0 atom stereocenters. The summed E-state index contributed by atoms with van der Waals surface area (Å²) in [7, 11) is 0. The van der Waals surface area contributed by atoms with Gasteiger partial charge in [-0.2, -0.15) is 0 Å². The summed E-state index contributed by atoms with van der Waals surface area (Å²) in [6.45, 7) is 19.1. The SMILES string of the molecule is CC(C)c1cc2c3c(c1)N1c4c(cccc4N(c4ccccc4)C1(C)C)B3c1ccc(N3c4ccccc4C(C)(C)C3(C)C)cc1N2c1ccccc1. The van der Waals surface area contributed by atoms with Gasteiger partial charge < -0.3 is 19.6 Å². The Morgan fingerprint density at radius 3 is 1.85 bits per heavy atom. The van der Waals surface area contributed by atoms with Gasteiger partial charge in [0.2, 0.25) is 0 Å². The number of rotatable bonds is 4. The summed E-state index contributed by atoms with van der Waals surface area (Å²) in [5, 5.41) is 0. The van der Waals surface area contributed by atoms with E-state index in [1.54, 1.807) is 0 Å². The highest BCUT2D eigenvalue weighted by molar-refractivity contribution is 7.00. The van der Waals surface area contributed by atoms with Crippen LogP contribution in [0.4, 0.5) is 51.2 Å². The van der Waals surface area contributed by atoms with E-state index in [9.17, 15) is 0 Å². The fraction of sp³-hybridized carbons (Fsp3) is 0.250. The molecular weight excluding hydrogens is 643 g/mol. The Labute approximate surface area is 315 Å². The van der Waals surface area contributed by atoms with Gasteiger partial charge in [-0.25, -0.2) is 0 Å². The molecule has 0 amide bonds. The molecule has 0 N–H and O–H groups in total. The highest BCUT2D eigenvalue weighted by Gasteiger charge is 2.54. The second kappa shape index (κ2) is 10.8. The number of benzene rings is 6. The van der Waals surface area contributed by atoms with Crippen molar-refractivity contribution in [3.8, 4) is 0 Å². The largest absolute Gasteiger partial charge is 0.335 e. The van der Waals surface area contributed by atoms with Crippen molar-refractivity contribution < 1.29 is 0 Å². The second-order valence-electron chi connectivity index (χ2n) is 17.2. The quantitative estimate of drug-likeness (QED) is 0.171. The molecule has 4 aliphatic heterocycles. The third-order valence-corrected chi connectivity index (χ3v) is 13.3. The van der Waals surface area contributed by atoms with E-state index in [0.29, 0.717) is 5.92 Å². The summed E-state index contributed by atoms with van der Waals surface area (Å²) in [5.74, 6) is 0.358. The van der Waals surface area contributed by atoms with E-state index in [1.807, 2.05) is 0 Å². The minimum absolute atomic E-state index is 0.0405. The lowest BCUT2D eigenvalue weighted by Gasteiger charge is -2.48. The molecule has 4 aliphatic rings. The third kappa shape index (κ3) is 4.14. The van der Waals surface area contributed by atoms with Gasteiger partial charge in [0.1, 0.15) is 5.66 Å². The molecule has 4 heterocycles. The van der Waals surface area contributed by atoms with Gasteiger partial charge in [0.15, 0.2) is 0 Å². The first-order valence-corrected chi connectivity index (χ1v) is 19.3. The molecule has 0 saturated heterocycles. The maximum Gasteiger partial charge on any atom is 0.252 e. The molecule has 0 aromatic heterocycles. The number of hydrogen-bond donors (Lipinski definition) is 0. The Kier molecular flexibility index (Phi) is 6.58. The lowest BCUT2D eigenvalue weighted by molar-refractivity contribution is 0.330. The van der Waals surface area contributed by atoms with E-state index < -0.39 is 0 Å². The van der Waals surface area contributed by atoms with E-state index in [4.69, 9.17) is 0 Å². The number of para-hydroxylation sites is 4. The van der Waals surface area contributed by atoms with Crippen molar-refractivity contribution in [1.82, 2.24) is 0 Å². The molecule has 0 radical (unpaired) electrons. The molecule has 10 rings (SSSR count). The Balaban J connectivity index is 1.28. The van der Waals surface area contributed by atoms with E-state index >= 15 is 0 Å². The normalized spacial score (nSPS) is 17.9. The van der Waals surface area contributed by atoms with Crippen LogP contribution in [0, 0.1) is 0 Å². The topological polar surface area (TPSA) is 13.0 Å². The summed E-state index contributed by atoms with van der Waals surface area (Å²) in [6, 6.07) is 50.3. The van der Waals surface area contributed by atoms with Crippen LogP contribution in [0.1, 0.15) is 72.4 Å². The van der Waals surface area contributed by atoms with Crippen molar-refractivity contribution >= 4 is 74.3 Å². The zero-order chi connectivity index (χ0) is 36.6. The van der Waals surface area contributed by atoms with Crippen LogP contribution in [0.25, 0.3) is 0 Å². The highest BCUT2D eigenvalue weighted by atomic mass is 15.5. The minimum atomic E-state index is -0.350. The first kappa shape index (κ1) is 32.3. The van der Waals surface area contributed by atoms with Crippen LogP contribution in [0.3, 0.4) is 0 Å². The predicted molar refractivity (Wildman–Crippen MR) is 227 cm³/mol. The highest BCUT2D eigenvalue weighted by Crippen LogP contribution is 2.57. The van der Waals surface area contributed by atoms with Crippen LogP contribution < -0.4 is 36.0 Å². The average molecular weight is 691 g/mol. The van der Waals surface area contributed by atoms with E-state index in [1.165, 1.54) is 78.7 Å². The molecular formula is C48H47BN4. The summed E-state index contributed by atoms with van der Waals surface area (Å²) in [4.78, 5) is 10.4. The molecule has 262 valence electrons. The van der Waals surface area contributed by atoms with Crippen LogP contribution in [-0.2, 0) is 5.41 Å². The van der Waals surface area contributed by atoms with Crippen LogP contribution in [0.5, 0.6) is 0 Å². The molecule has 53 heavy (non-hydrogen) atoms. The Morgan fingerprint density at radius 2 is 1.13 bits per heavy atom. The first-order chi connectivity index (χ1) is 25.4. The first-order valence-electron chi connectivity index (χ1n) is 19.3. The second-order valence-corrected chi connectivity index (χ2v) is 17.2. The fourth-order valence-corrected chi connectivity index (χ4v) is 10.1. The summed E-state index contributed by atoms with van der Waals surface area (Å²) < 4.78 is 0. The van der Waals surface area contributed by atoms with E-state index in [0.717, 1.165) is 0 Å². The van der Waals surface area contributed by atoms with Gasteiger partial charge in [-0.15, -0.1) is 0 Å². The van der Waals surface area contributed by atoms with E-state index in [2.05, 4.69) is 208 Å². The van der Waals surface area contributed by atoms with Crippen LogP contribution in [0.2, 0.25) is 0 Å². The minimum Gasteiger partial charge on any atom is -0.335 e. The zero-order valence-corrected chi connectivity index (χ0v) is 32.1. The van der Waals surface area contributed by atoms with Gasteiger partial charge in [-0.1, -0.05) is 100 Å². The number of anilines is 9. The Morgan fingerprint density at radius 1 is 0.491 bits per heavy atom. The maximum absolute atomic E-state index is 2.65. The lowest BCUT2D eigenvalue weighted by Crippen LogP contribution is -2.63. The van der Waals surface area contributed by atoms with Gasteiger partial charge in [0, 0.05) is 50.8 Å². The van der Waals surface area contributed by atoms with Crippen molar-refractivity contribution in [3.05, 3.63) is 145 Å². The van der Waals surface area contributed by atoms with Crippen molar-refractivity contribution in [1.29, 1.82) is 0 Å². The van der Waals surface area contributed by atoms with E-state index in [-0.39, 0.29) is 23.3 Å². The van der Waals surface area contributed by atoms with Crippen LogP contribution in [-0.4, -0.2) is 17.9 Å². The van der Waals surface area contributed by atoms with Crippen LogP contribution >= 0.6 is 0 Å². The number of nitrogens with zero attached hydrogens (tertiary/aromatic N) is 4. The molecule has 0 aliphatic carbocycles. The van der Waals surface area contributed by atoms with Gasteiger partial charge in [0.25, 0.3) is 6.71 Å². The van der Waals surface area contributed by atoms with Crippen LogP contribution in [0.15, 0.2) is 133 Å². The fourth-order valence-electron chi connectivity index (χ4n) is 10.1. The molecule has 0 saturated carbocycles. The molecule has 4 nitrogen and oxygen atoms in total. The molecule has 0 bridgehead atoms. The standard InChI is InChI=1S/C48H47BN4/c1-31(2)32-28-42-44-43(29-32)53-45-38(23-17-25-40(45)52(48(53,7)8)34-20-13-10-14-21-34)49(44)37-27-26-35(30-41(37)50(42)33-18-11-9-12-19-33)51-39-24-16-15-22-36(39)46(3,4)47(51,5)6/h9-31H,1-8H3. The smallest absolute Gasteiger partial charge is 0.252 e. The average Bonchev–Trinajstić information content (AvgIpc) is 3.49. The molecule has 5 heteroatoms. The van der Waals surface area contributed by atoms with Gasteiger partial charge in [-0.3, -0.25) is 0 Å². The summed E-state index contributed by atoms with van der Waals surface area (Å²) >= 11 is 0. The van der Waals surface area contributed by atoms with Crippen molar-refractivity contribution in [2.75, 3.05) is 19.6 Å². The Bertz CT molecular complexity index is 2450. The van der Waals surface area contributed by atoms with Crippen molar-refractivity contribution in [2.24, 2.45) is 0 Å². The summed E-state index contributed by atoms with van der Waals surface area (Å²) in [5.41, 5.74) is 17.7. The molecule has 0 fully saturated rings. The predicted octanol–water partition coefficient (Wildman–Crippen LogP) is 10.7.